The first kappa shape index (κ1) is 11.5. The monoisotopic (exact) mass is 215 g/mol. The summed E-state index contributed by atoms with van der Waals surface area (Å²) in [5.41, 5.74) is 1.03. The summed E-state index contributed by atoms with van der Waals surface area (Å²) in [5, 5.41) is 3.62. The quantitative estimate of drug-likeness (QED) is 0.745. The lowest BCUT2D eigenvalue weighted by atomic mass is 10.1. The maximum Gasteiger partial charge on any atom is 0.124 e. The molecule has 1 aromatic carbocycles. The summed E-state index contributed by atoms with van der Waals surface area (Å²) in [5.74, 6) is -0.269. The predicted molar refractivity (Wildman–Crippen MR) is 58.3 cm³/mol. The van der Waals surface area contributed by atoms with Crippen LogP contribution in [0, 0.1) is 5.82 Å². The molecule has 0 atom stereocenters. The number of aryl methyl sites for hydroxylation is 1. The van der Waals surface area contributed by atoms with Crippen LogP contribution in [0.3, 0.4) is 0 Å². The van der Waals surface area contributed by atoms with Crippen molar-refractivity contribution in [2.75, 3.05) is 13.6 Å². The maximum absolute atomic E-state index is 12.7. The molecule has 0 amide bonds. The summed E-state index contributed by atoms with van der Waals surface area (Å²) in [6.45, 7) is 1.01. The van der Waals surface area contributed by atoms with E-state index in [9.17, 15) is 4.39 Å². The van der Waals surface area contributed by atoms with E-state index in [1.807, 2.05) is 7.05 Å². The minimum atomic E-state index is -0.269. The van der Waals surface area contributed by atoms with Gasteiger partial charge in [0.1, 0.15) is 5.82 Å². The topological polar surface area (TPSA) is 12.0 Å². The first-order valence-corrected chi connectivity index (χ1v) is 5.20. The van der Waals surface area contributed by atoms with Crippen LogP contribution in [0.25, 0.3) is 0 Å². The average molecular weight is 216 g/mol. The molecule has 0 saturated heterocycles. The van der Waals surface area contributed by atoms with Crippen molar-refractivity contribution < 1.29 is 4.39 Å². The van der Waals surface area contributed by atoms with Gasteiger partial charge in [-0.1, -0.05) is 17.7 Å². The van der Waals surface area contributed by atoms with Crippen LogP contribution >= 0.6 is 11.6 Å². The lowest BCUT2D eigenvalue weighted by Crippen LogP contribution is -2.07. The molecule has 0 bridgehead atoms. The normalized spacial score (nSPS) is 10.5. The predicted octanol–water partition coefficient (Wildman–Crippen LogP) is 3.02. The maximum atomic E-state index is 12.7. The number of benzene rings is 1. The van der Waals surface area contributed by atoms with Crippen molar-refractivity contribution in [1.29, 1.82) is 0 Å². The number of halogens is 2. The molecular weight excluding hydrogens is 201 g/mol. The van der Waals surface area contributed by atoms with E-state index >= 15 is 0 Å². The Morgan fingerprint density at radius 2 is 2.14 bits per heavy atom. The second-order valence-electron chi connectivity index (χ2n) is 3.30. The van der Waals surface area contributed by atoms with Gasteiger partial charge >= 0.3 is 0 Å². The molecule has 0 aliphatic heterocycles. The lowest BCUT2D eigenvalue weighted by Gasteiger charge is -2.04. The van der Waals surface area contributed by atoms with E-state index in [0.29, 0.717) is 5.02 Å². The molecule has 1 nitrogen and oxygen atoms in total. The Labute approximate surface area is 89.3 Å². The second kappa shape index (κ2) is 5.99. The highest BCUT2D eigenvalue weighted by Crippen LogP contribution is 2.18. The molecule has 78 valence electrons. The molecule has 0 aliphatic carbocycles. The Kier molecular flexibility index (Phi) is 4.91. The van der Waals surface area contributed by atoms with Crippen LogP contribution in [0.4, 0.5) is 4.39 Å². The molecule has 3 heteroatoms. The first-order valence-electron chi connectivity index (χ1n) is 4.82. The van der Waals surface area contributed by atoms with Crippen molar-refractivity contribution in [3.05, 3.63) is 34.6 Å². The van der Waals surface area contributed by atoms with Gasteiger partial charge in [-0.15, -0.1) is 0 Å². The Morgan fingerprint density at radius 1 is 1.36 bits per heavy atom. The molecule has 0 fully saturated rings. The van der Waals surface area contributed by atoms with Gasteiger partial charge in [-0.05, 0) is 50.6 Å². The van der Waals surface area contributed by atoms with Crippen LogP contribution in [0.5, 0.6) is 0 Å². The highest BCUT2D eigenvalue weighted by molar-refractivity contribution is 6.31. The van der Waals surface area contributed by atoms with Gasteiger partial charge in [0, 0.05) is 5.02 Å². The number of hydrogen-bond donors (Lipinski definition) is 1. The third kappa shape index (κ3) is 3.64. The van der Waals surface area contributed by atoms with E-state index in [1.165, 1.54) is 12.1 Å². The molecular formula is C11H15ClFN. The smallest absolute Gasteiger partial charge is 0.124 e. The Balaban J connectivity index is 2.42. The van der Waals surface area contributed by atoms with Crippen molar-refractivity contribution in [3.8, 4) is 0 Å². The molecule has 0 aliphatic rings. The molecule has 0 radical (unpaired) electrons. The molecule has 0 spiro atoms. The number of hydrogen-bond acceptors (Lipinski definition) is 1. The van der Waals surface area contributed by atoms with Gasteiger partial charge in [0.05, 0.1) is 0 Å². The van der Waals surface area contributed by atoms with E-state index in [2.05, 4.69) is 5.32 Å². The summed E-state index contributed by atoms with van der Waals surface area (Å²) in [6.07, 6.45) is 3.11. The van der Waals surface area contributed by atoms with Crippen LogP contribution < -0.4 is 5.32 Å². The van der Waals surface area contributed by atoms with Crippen LogP contribution in [0.2, 0.25) is 5.02 Å². The minimum Gasteiger partial charge on any atom is -0.320 e. The largest absolute Gasteiger partial charge is 0.320 e. The van der Waals surface area contributed by atoms with Gasteiger partial charge in [0.2, 0.25) is 0 Å². The van der Waals surface area contributed by atoms with Crippen molar-refractivity contribution in [1.82, 2.24) is 5.32 Å². The summed E-state index contributed by atoms with van der Waals surface area (Å²) in [6, 6.07) is 4.59. The Bertz CT molecular complexity index is 289. The van der Waals surface area contributed by atoms with E-state index in [0.717, 1.165) is 31.4 Å². The SMILES string of the molecule is CNCCCCc1ccc(F)cc1Cl. The Morgan fingerprint density at radius 3 is 2.79 bits per heavy atom. The standard InChI is InChI=1S/C11H15ClFN/c1-14-7-3-2-4-9-5-6-10(13)8-11(9)12/h5-6,8,14H,2-4,7H2,1H3. The van der Waals surface area contributed by atoms with E-state index in [4.69, 9.17) is 11.6 Å². The zero-order chi connectivity index (χ0) is 10.4. The molecule has 14 heavy (non-hydrogen) atoms. The van der Waals surface area contributed by atoms with Gasteiger partial charge in [0.15, 0.2) is 0 Å². The summed E-state index contributed by atoms with van der Waals surface area (Å²) in [7, 11) is 1.94. The summed E-state index contributed by atoms with van der Waals surface area (Å²) < 4.78 is 12.7. The summed E-state index contributed by atoms with van der Waals surface area (Å²) in [4.78, 5) is 0. The van der Waals surface area contributed by atoms with Crippen LogP contribution in [0.1, 0.15) is 18.4 Å². The van der Waals surface area contributed by atoms with Crippen molar-refractivity contribution in [3.63, 3.8) is 0 Å². The van der Waals surface area contributed by atoms with Gasteiger partial charge < -0.3 is 5.32 Å². The first-order chi connectivity index (χ1) is 6.74. The molecule has 1 aromatic rings. The van der Waals surface area contributed by atoms with Crippen molar-refractivity contribution >= 4 is 11.6 Å². The van der Waals surface area contributed by atoms with Crippen LogP contribution in [-0.2, 0) is 6.42 Å². The van der Waals surface area contributed by atoms with E-state index < -0.39 is 0 Å². The number of unbranched alkanes of at least 4 members (excludes halogenated alkanes) is 1. The fourth-order valence-corrected chi connectivity index (χ4v) is 1.60. The minimum absolute atomic E-state index is 0.269. The molecule has 0 unspecified atom stereocenters. The second-order valence-corrected chi connectivity index (χ2v) is 3.70. The van der Waals surface area contributed by atoms with Gasteiger partial charge in [0.25, 0.3) is 0 Å². The fourth-order valence-electron chi connectivity index (χ4n) is 1.34. The van der Waals surface area contributed by atoms with Crippen LogP contribution in [0.15, 0.2) is 18.2 Å². The zero-order valence-electron chi connectivity index (χ0n) is 8.32. The van der Waals surface area contributed by atoms with E-state index in [-0.39, 0.29) is 5.82 Å². The third-order valence-electron chi connectivity index (χ3n) is 2.14. The van der Waals surface area contributed by atoms with Crippen molar-refractivity contribution in [2.24, 2.45) is 0 Å². The van der Waals surface area contributed by atoms with Gasteiger partial charge in [-0.25, -0.2) is 4.39 Å². The molecule has 0 aromatic heterocycles. The van der Waals surface area contributed by atoms with Gasteiger partial charge in [-0.2, -0.15) is 0 Å². The van der Waals surface area contributed by atoms with Crippen LogP contribution in [-0.4, -0.2) is 13.6 Å². The van der Waals surface area contributed by atoms with E-state index in [1.54, 1.807) is 6.07 Å². The zero-order valence-corrected chi connectivity index (χ0v) is 9.07. The third-order valence-corrected chi connectivity index (χ3v) is 2.49. The fraction of sp³-hybridized carbons (Fsp3) is 0.455. The number of rotatable bonds is 5. The molecule has 1 rings (SSSR count). The van der Waals surface area contributed by atoms with Crippen molar-refractivity contribution in [2.45, 2.75) is 19.3 Å². The summed E-state index contributed by atoms with van der Waals surface area (Å²) >= 11 is 5.89. The Hall–Kier alpha value is -0.600. The lowest BCUT2D eigenvalue weighted by molar-refractivity contribution is 0.625. The average Bonchev–Trinajstić information content (AvgIpc) is 2.15. The molecule has 0 saturated carbocycles. The number of nitrogens with one attached hydrogen (secondary N) is 1. The molecule has 0 heterocycles. The molecule has 1 N–H and O–H groups in total. The van der Waals surface area contributed by atoms with Gasteiger partial charge in [-0.3, -0.25) is 0 Å². The highest BCUT2D eigenvalue weighted by atomic mass is 35.5. The highest BCUT2D eigenvalue weighted by Gasteiger charge is 2.01.